The fourth-order valence-corrected chi connectivity index (χ4v) is 7.50. The highest BCUT2D eigenvalue weighted by Crippen LogP contribution is 2.50. The molecule has 4 heterocycles. The summed E-state index contributed by atoms with van der Waals surface area (Å²) in [4.78, 5) is 35.8. The number of likely N-dealkylation sites (tertiary alicyclic amines) is 1. The Morgan fingerprint density at radius 1 is 1.07 bits per heavy atom. The summed E-state index contributed by atoms with van der Waals surface area (Å²) in [6.45, 7) is 6.82. The zero-order valence-electron chi connectivity index (χ0n) is 22.6. The second kappa shape index (κ2) is 11.0. The van der Waals surface area contributed by atoms with Crippen molar-refractivity contribution in [3.8, 4) is 11.1 Å². The molecule has 1 amide bonds. The molecule has 2 aromatic carbocycles. The molecule has 13 heteroatoms. The lowest BCUT2D eigenvalue weighted by molar-refractivity contribution is -0.137. The second-order valence-electron chi connectivity index (χ2n) is 10.7. The minimum Gasteiger partial charge on any atom is -0.352 e. The molecule has 0 bridgehead atoms. The summed E-state index contributed by atoms with van der Waals surface area (Å²) < 4.78 is 74.5. The van der Waals surface area contributed by atoms with Gasteiger partial charge in [0, 0.05) is 66.0 Å². The van der Waals surface area contributed by atoms with Crippen LogP contribution in [0.4, 0.5) is 27.8 Å². The van der Waals surface area contributed by atoms with Crippen LogP contribution < -0.4 is 10.6 Å². The number of carbonyl (C=O) groups excluding carboxylic acids is 1. The molecule has 0 aliphatic carbocycles. The number of hydrogen-bond donors (Lipinski definition) is 0. The Morgan fingerprint density at radius 3 is 2.43 bits per heavy atom. The fraction of sp³-hybridized carbons (Fsp3) is 0.414. The van der Waals surface area contributed by atoms with Crippen molar-refractivity contribution in [1.82, 2.24) is 19.4 Å². The zero-order valence-corrected chi connectivity index (χ0v) is 23.4. The normalized spacial score (nSPS) is 19.5. The van der Waals surface area contributed by atoms with Crippen molar-refractivity contribution in [2.75, 3.05) is 56.5 Å². The molecule has 0 N–H and O–H groups in total. The lowest BCUT2D eigenvalue weighted by Gasteiger charge is -2.37. The van der Waals surface area contributed by atoms with E-state index in [-0.39, 0.29) is 65.3 Å². The van der Waals surface area contributed by atoms with Gasteiger partial charge in [-0.2, -0.15) is 18.2 Å². The lowest BCUT2D eigenvalue weighted by Crippen LogP contribution is -2.49. The van der Waals surface area contributed by atoms with Gasteiger partial charge in [0.1, 0.15) is 17.5 Å². The molecule has 1 unspecified atom stereocenters. The Balaban J connectivity index is 1.60. The highest BCUT2D eigenvalue weighted by atomic mass is 32.2. The SMILES string of the molecule is C=CC(=O)N1CCN(c2nc(=O)n3c4c(c(-c5ccc(F)cc5F)c(C(F)(F)F)cc24)SCC3CN2CCCC2)CC1. The van der Waals surface area contributed by atoms with E-state index in [9.17, 15) is 27.2 Å². The number of hydrogen-bond acceptors (Lipinski definition) is 6. The average Bonchev–Trinajstić information content (AvgIpc) is 3.47. The second-order valence-corrected chi connectivity index (χ2v) is 11.8. The van der Waals surface area contributed by atoms with Crippen LogP contribution in [0, 0.1) is 11.6 Å². The number of anilines is 1. The number of amides is 1. The number of benzene rings is 2. The number of thioether (sulfide) groups is 1. The zero-order chi connectivity index (χ0) is 29.8. The van der Waals surface area contributed by atoms with E-state index in [1.807, 2.05) is 0 Å². The molecule has 1 atom stereocenters. The molecule has 6 rings (SSSR count). The van der Waals surface area contributed by atoms with Crippen LogP contribution in [0.2, 0.25) is 0 Å². The smallest absolute Gasteiger partial charge is 0.352 e. The van der Waals surface area contributed by atoms with Crippen LogP contribution in [0.15, 0.2) is 46.6 Å². The summed E-state index contributed by atoms with van der Waals surface area (Å²) in [7, 11) is 0. The highest BCUT2D eigenvalue weighted by molar-refractivity contribution is 7.99. The summed E-state index contributed by atoms with van der Waals surface area (Å²) in [6, 6.07) is 3.07. The monoisotopic (exact) mass is 605 g/mol. The summed E-state index contributed by atoms with van der Waals surface area (Å²) in [5.41, 5.74) is -2.22. The van der Waals surface area contributed by atoms with Gasteiger partial charge in [0.15, 0.2) is 0 Å². The number of nitrogens with zero attached hydrogens (tertiary/aromatic N) is 5. The Bertz CT molecular complexity index is 1630. The molecule has 3 aromatic rings. The maximum Gasteiger partial charge on any atom is 0.417 e. The van der Waals surface area contributed by atoms with Crippen LogP contribution in [-0.4, -0.2) is 76.8 Å². The molecular weight excluding hydrogens is 577 g/mol. The first-order valence-corrected chi connectivity index (χ1v) is 14.7. The van der Waals surface area contributed by atoms with Gasteiger partial charge in [-0.15, -0.1) is 11.8 Å². The van der Waals surface area contributed by atoms with Crippen molar-refractivity contribution >= 4 is 34.4 Å². The number of piperazine rings is 1. The molecule has 3 aliphatic heterocycles. The summed E-state index contributed by atoms with van der Waals surface area (Å²) in [6.07, 6.45) is -1.63. The Hall–Kier alpha value is -3.45. The largest absolute Gasteiger partial charge is 0.417 e. The summed E-state index contributed by atoms with van der Waals surface area (Å²) in [5, 5.41) is 0.130. The molecule has 42 heavy (non-hydrogen) atoms. The van der Waals surface area contributed by atoms with E-state index in [2.05, 4.69) is 16.5 Å². The van der Waals surface area contributed by atoms with Crippen LogP contribution in [0.25, 0.3) is 22.0 Å². The summed E-state index contributed by atoms with van der Waals surface area (Å²) >= 11 is 1.15. The molecular formula is C29H28F5N5O2S. The number of aromatic nitrogens is 2. The van der Waals surface area contributed by atoms with Crippen LogP contribution in [0.3, 0.4) is 0 Å². The Labute approximate surface area is 242 Å². The van der Waals surface area contributed by atoms with Crippen LogP contribution in [0.5, 0.6) is 0 Å². The Kier molecular flexibility index (Phi) is 7.50. The van der Waals surface area contributed by atoms with E-state index >= 15 is 4.39 Å². The van der Waals surface area contributed by atoms with Crippen LogP contribution >= 0.6 is 11.8 Å². The minimum absolute atomic E-state index is 0.0947. The van der Waals surface area contributed by atoms with Crippen molar-refractivity contribution < 1.29 is 26.7 Å². The van der Waals surface area contributed by atoms with E-state index in [1.54, 1.807) is 9.80 Å². The fourth-order valence-electron chi connectivity index (χ4n) is 6.18. The van der Waals surface area contributed by atoms with Gasteiger partial charge in [0.05, 0.1) is 17.1 Å². The van der Waals surface area contributed by atoms with Crippen molar-refractivity contribution in [3.63, 3.8) is 0 Å². The molecule has 0 saturated carbocycles. The first-order chi connectivity index (χ1) is 20.1. The van der Waals surface area contributed by atoms with Gasteiger partial charge in [0.25, 0.3) is 0 Å². The topological polar surface area (TPSA) is 61.7 Å². The first kappa shape index (κ1) is 28.7. The first-order valence-electron chi connectivity index (χ1n) is 13.7. The van der Waals surface area contributed by atoms with Gasteiger partial charge in [0.2, 0.25) is 5.91 Å². The highest BCUT2D eigenvalue weighted by Gasteiger charge is 2.40. The molecule has 3 aliphatic rings. The number of halogens is 5. The number of carbonyl (C=O) groups is 1. The minimum atomic E-state index is -4.89. The third kappa shape index (κ3) is 5.06. The maximum absolute atomic E-state index is 15.1. The van der Waals surface area contributed by atoms with Crippen molar-refractivity contribution in [2.24, 2.45) is 0 Å². The van der Waals surface area contributed by atoms with Gasteiger partial charge in [-0.25, -0.2) is 13.6 Å². The molecule has 1 aromatic heterocycles. The number of rotatable bonds is 5. The predicted octanol–water partition coefficient (Wildman–Crippen LogP) is 4.94. The van der Waals surface area contributed by atoms with Crippen LogP contribution in [0.1, 0.15) is 24.4 Å². The van der Waals surface area contributed by atoms with Crippen LogP contribution in [-0.2, 0) is 11.0 Å². The summed E-state index contributed by atoms with van der Waals surface area (Å²) in [5.74, 6) is -1.90. The average molecular weight is 606 g/mol. The molecule has 7 nitrogen and oxygen atoms in total. The van der Waals surface area contributed by atoms with E-state index in [0.29, 0.717) is 18.4 Å². The van der Waals surface area contributed by atoms with Crippen molar-refractivity contribution in [2.45, 2.75) is 30.0 Å². The molecule has 0 spiro atoms. The van der Waals surface area contributed by atoms with Gasteiger partial charge < -0.3 is 14.7 Å². The molecule has 222 valence electrons. The van der Waals surface area contributed by atoms with E-state index in [0.717, 1.165) is 55.9 Å². The van der Waals surface area contributed by atoms with Crippen molar-refractivity contribution in [3.05, 3.63) is 64.6 Å². The van der Waals surface area contributed by atoms with E-state index in [1.165, 1.54) is 10.6 Å². The molecule has 0 radical (unpaired) electrons. The lowest BCUT2D eigenvalue weighted by atomic mass is 9.95. The maximum atomic E-state index is 15.1. The third-order valence-corrected chi connectivity index (χ3v) is 9.41. The van der Waals surface area contributed by atoms with Gasteiger partial charge in [-0.3, -0.25) is 9.36 Å². The predicted molar refractivity (Wildman–Crippen MR) is 151 cm³/mol. The standard InChI is InChI=1S/C29H28F5N5O2S/c1-2-23(40)37-9-11-38(12-10-37)27-20-14-21(29(32,33)34)24(19-6-5-17(30)13-22(19)31)26-25(20)39(28(41)35-27)18(16-42-26)15-36-7-3-4-8-36/h2,5-6,13-14,18H,1,3-4,7-12,15-16H2. The van der Waals surface area contributed by atoms with E-state index < -0.39 is 34.6 Å². The molecule has 2 saturated heterocycles. The van der Waals surface area contributed by atoms with Gasteiger partial charge in [-0.1, -0.05) is 6.58 Å². The van der Waals surface area contributed by atoms with E-state index in [4.69, 9.17) is 0 Å². The quantitative estimate of drug-likeness (QED) is 0.304. The van der Waals surface area contributed by atoms with Gasteiger partial charge >= 0.3 is 11.9 Å². The third-order valence-electron chi connectivity index (χ3n) is 8.17. The molecule has 2 fully saturated rings. The Morgan fingerprint density at radius 2 is 1.79 bits per heavy atom. The van der Waals surface area contributed by atoms with Gasteiger partial charge in [-0.05, 0) is 50.2 Å². The van der Waals surface area contributed by atoms with Crippen molar-refractivity contribution in [1.29, 1.82) is 0 Å². The number of alkyl halides is 3.